The monoisotopic (exact) mass is 331 g/mol. The molecule has 2 saturated heterocycles. The van der Waals surface area contributed by atoms with Crippen LogP contribution in [0.15, 0.2) is 24.4 Å². The van der Waals surface area contributed by atoms with E-state index in [1.807, 2.05) is 11.0 Å². The summed E-state index contributed by atoms with van der Waals surface area (Å²) in [4.78, 5) is 29.6. The van der Waals surface area contributed by atoms with Crippen LogP contribution in [0.5, 0.6) is 0 Å². The molecular formula is C18H25N3O3. The van der Waals surface area contributed by atoms with Crippen molar-refractivity contribution in [1.29, 1.82) is 0 Å². The Morgan fingerprint density at radius 3 is 2.83 bits per heavy atom. The Morgan fingerprint density at radius 2 is 2.17 bits per heavy atom. The van der Waals surface area contributed by atoms with Crippen LogP contribution in [0.1, 0.15) is 43.1 Å². The summed E-state index contributed by atoms with van der Waals surface area (Å²) in [6, 6.07) is 5.33. The number of rotatable bonds is 3. The van der Waals surface area contributed by atoms with Crippen molar-refractivity contribution in [3.05, 3.63) is 30.1 Å². The molecule has 1 atom stereocenters. The SMILES string of the molecule is CC(=O)N1CCC2(CC1)CC(CNC(=O)c1ccccn1)CCO2. The minimum absolute atomic E-state index is 0.120. The molecular weight excluding hydrogens is 306 g/mol. The van der Waals surface area contributed by atoms with Gasteiger partial charge in [-0.1, -0.05) is 6.07 Å². The van der Waals surface area contributed by atoms with Crippen molar-refractivity contribution in [2.45, 2.75) is 38.2 Å². The summed E-state index contributed by atoms with van der Waals surface area (Å²) < 4.78 is 6.09. The number of hydrogen-bond acceptors (Lipinski definition) is 4. The van der Waals surface area contributed by atoms with Gasteiger partial charge < -0.3 is 15.0 Å². The molecule has 3 rings (SSSR count). The molecule has 0 saturated carbocycles. The zero-order chi connectivity index (χ0) is 17.0. The van der Waals surface area contributed by atoms with Gasteiger partial charge in [-0.15, -0.1) is 0 Å². The Morgan fingerprint density at radius 1 is 1.38 bits per heavy atom. The van der Waals surface area contributed by atoms with Gasteiger partial charge in [-0.2, -0.15) is 0 Å². The van der Waals surface area contributed by atoms with E-state index < -0.39 is 0 Å². The molecule has 2 fully saturated rings. The number of nitrogens with one attached hydrogen (secondary N) is 1. The number of aromatic nitrogens is 1. The Bertz CT molecular complexity index is 582. The molecule has 6 heteroatoms. The Kier molecular flexibility index (Phi) is 5.14. The van der Waals surface area contributed by atoms with Crippen molar-refractivity contribution < 1.29 is 14.3 Å². The number of amides is 2. The Hall–Kier alpha value is -1.95. The van der Waals surface area contributed by atoms with E-state index in [2.05, 4.69) is 10.3 Å². The third kappa shape index (κ3) is 3.93. The number of nitrogens with zero attached hydrogens (tertiary/aromatic N) is 2. The second kappa shape index (κ2) is 7.30. The first-order valence-electron chi connectivity index (χ1n) is 8.67. The van der Waals surface area contributed by atoms with E-state index in [1.165, 1.54) is 0 Å². The lowest BCUT2D eigenvalue weighted by Crippen LogP contribution is -2.51. The quantitative estimate of drug-likeness (QED) is 0.913. The zero-order valence-corrected chi connectivity index (χ0v) is 14.2. The lowest BCUT2D eigenvalue weighted by atomic mass is 9.79. The van der Waals surface area contributed by atoms with E-state index in [4.69, 9.17) is 4.74 Å². The summed E-state index contributed by atoms with van der Waals surface area (Å²) in [5.41, 5.74) is 0.332. The van der Waals surface area contributed by atoms with Crippen LogP contribution < -0.4 is 5.32 Å². The third-order valence-electron chi connectivity index (χ3n) is 5.16. The molecule has 0 aliphatic carbocycles. The first-order chi connectivity index (χ1) is 11.6. The van der Waals surface area contributed by atoms with Gasteiger partial charge in [-0.3, -0.25) is 14.6 Å². The summed E-state index contributed by atoms with van der Waals surface area (Å²) in [6.07, 6.45) is 5.30. The number of carbonyl (C=O) groups excluding carboxylic acids is 2. The maximum absolute atomic E-state index is 12.1. The number of ether oxygens (including phenoxy) is 1. The standard InChI is InChI=1S/C18H25N3O3/c1-14(22)21-9-6-18(7-10-21)12-15(5-11-24-18)13-20-17(23)16-4-2-3-8-19-16/h2-4,8,15H,5-7,9-13H2,1H3,(H,20,23). The summed E-state index contributed by atoms with van der Waals surface area (Å²) in [6.45, 7) is 4.53. The van der Waals surface area contributed by atoms with Gasteiger partial charge in [-0.05, 0) is 43.7 Å². The van der Waals surface area contributed by atoms with Gasteiger partial charge in [0.25, 0.3) is 5.91 Å². The highest BCUT2D eigenvalue weighted by Gasteiger charge is 2.40. The van der Waals surface area contributed by atoms with E-state index in [9.17, 15) is 9.59 Å². The maximum Gasteiger partial charge on any atom is 0.269 e. The molecule has 2 aliphatic heterocycles. The van der Waals surface area contributed by atoms with Crippen molar-refractivity contribution in [3.63, 3.8) is 0 Å². The molecule has 1 aromatic rings. The normalized spacial score (nSPS) is 23.0. The van der Waals surface area contributed by atoms with E-state index in [-0.39, 0.29) is 17.4 Å². The van der Waals surface area contributed by atoms with Gasteiger partial charge in [0.1, 0.15) is 5.69 Å². The van der Waals surface area contributed by atoms with Crippen LogP contribution in [0, 0.1) is 5.92 Å². The summed E-state index contributed by atoms with van der Waals surface area (Å²) in [7, 11) is 0. The number of piperidine rings is 1. The van der Waals surface area contributed by atoms with E-state index in [0.29, 0.717) is 18.2 Å². The molecule has 1 spiro atoms. The second-order valence-corrected chi connectivity index (χ2v) is 6.82. The number of pyridine rings is 1. The maximum atomic E-state index is 12.1. The molecule has 1 unspecified atom stereocenters. The van der Waals surface area contributed by atoms with Crippen molar-refractivity contribution in [2.24, 2.45) is 5.92 Å². The predicted molar refractivity (Wildman–Crippen MR) is 89.5 cm³/mol. The molecule has 2 aliphatic rings. The molecule has 0 aromatic carbocycles. The van der Waals surface area contributed by atoms with Gasteiger partial charge in [0.2, 0.25) is 5.91 Å². The van der Waals surface area contributed by atoms with Crippen LogP contribution in [0.25, 0.3) is 0 Å². The van der Waals surface area contributed by atoms with Crippen molar-refractivity contribution >= 4 is 11.8 Å². The van der Waals surface area contributed by atoms with Gasteiger partial charge >= 0.3 is 0 Å². The molecule has 1 N–H and O–H groups in total. The van der Waals surface area contributed by atoms with Gasteiger partial charge in [0, 0.05) is 39.4 Å². The minimum atomic E-state index is -0.123. The first kappa shape index (κ1) is 16.9. The van der Waals surface area contributed by atoms with Crippen molar-refractivity contribution in [1.82, 2.24) is 15.2 Å². The highest BCUT2D eigenvalue weighted by Crippen LogP contribution is 2.37. The topological polar surface area (TPSA) is 71.5 Å². The second-order valence-electron chi connectivity index (χ2n) is 6.82. The Labute approximate surface area is 142 Å². The summed E-state index contributed by atoms with van der Waals surface area (Å²) in [5.74, 6) is 0.428. The highest BCUT2D eigenvalue weighted by atomic mass is 16.5. The van der Waals surface area contributed by atoms with Crippen LogP contribution in [0.2, 0.25) is 0 Å². The molecule has 6 nitrogen and oxygen atoms in total. The molecule has 0 radical (unpaired) electrons. The molecule has 0 bridgehead atoms. The molecule has 24 heavy (non-hydrogen) atoms. The average molecular weight is 331 g/mol. The smallest absolute Gasteiger partial charge is 0.269 e. The van der Waals surface area contributed by atoms with Crippen LogP contribution in [-0.2, 0) is 9.53 Å². The van der Waals surface area contributed by atoms with Gasteiger partial charge in [0.05, 0.1) is 5.60 Å². The minimum Gasteiger partial charge on any atom is -0.375 e. The summed E-state index contributed by atoms with van der Waals surface area (Å²) >= 11 is 0. The molecule has 130 valence electrons. The number of likely N-dealkylation sites (tertiary alicyclic amines) is 1. The zero-order valence-electron chi connectivity index (χ0n) is 14.2. The molecule has 3 heterocycles. The van der Waals surface area contributed by atoms with Gasteiger partial charge in [-0.25, -0.2) is 0 Å². The van der Waals surface area contributed by atoms with Crippen LogP contribution in [-0.4, -0.2) is 53.5 Å². The van der Waals surface area contributed by atoms with Gasteiger partial charge in [0.15, 0.2) is 0 Å². The lowest BCUT2D eigenvalue weighted by Gasteiger charge is -2.46. The number of hydrogen-bond donors (Lipinski definition) is 1. The number of carbonyl (C=O) groups is 2. The lowest BCUT2D eigenvalue weighted by molar-refractivity contribution is -0.145. The predicted octanol–water partition coefficient (Wildman–Crippen LogP) is 1.62. The average Bonchev–Trinajstić information content (AvgIpc) is 2.61. The molecule has 1 aromatic heterocycles. The van der Waals surface area contributed by atoms with E-state index in [1.54, 1.807) is 25.3 Å². The fourth-order valence-electron chi connectivity index (χ4n) is 3.71. The summed E-state index contributed by atoms with van der Waals surface area (Å²) in [5, 5.41) is 3.00. The highest BCUT2D eigenvalue weighted by molar-refractivity contribution is 5.92. The van der Waals surface area contributed by atoms with Crippen molar-refractivity contribution in [2.75, 3.05) is 26.2 Å². The first-order valence-corrected chi connectivity index (χ1v) is 8.67. The Balaban J connectivity index is 1.51. The van der Waals surface area contributed by atoms with Crippen LogP contribution in [0.4, 0.5) is 0 Å². The van der Waals surface area contributed by atoms with Crippen LogP contribution in [0.3, 0.4) is 0 Å². The van der Waals surface area contributed by atoms with E-state index in [0.717, 1.165) is 45.4 Å². The van der Waals surface area contributed by atoms with E-state index >= 15 is 0 Å². The third-order valence-corrected chi connectivity index (χ3v) is 5.16. The fourth-order valence-corrected chi connectivity index (χ4v) is 3.71. The molecule has 2 amide bonds. The fraction of sp³-hybridized carbons (Fsp3) is 0.611. The largest absolute Gasteiger partial charge is 0.375 e. The van der Waals surface area contributed by atoms with Crippen molar-refractivity contribution in [3.8, 4) is 0 Å². The van der Waals surface area contributed by atoms with Crippen LogP contribution >= 0.6 is 0 Å².